The van der Waals surface area contributed by atoms with Gasteiger partial charge in [0.1, 0.15) is 5.75 Å². The highest BCUT2D eigenvalue weighted by atomic mass is 16.5. The zero-order valence-corrected chi connectivity index (χ0v) is 17.9. The fraction of sp³-hybridized carbons (Fsp3) is 0.348. The van der Waals surface area contributed by atoms with Gasteiger partial charge in [0.25, 0.3) is 5.91 Å². The van der Waals surface area contributed by atoms with Crippen molar-refractivity contribution in [2.45, 2.75) is 39.2 Å². The Hall–Kier alpha value is -3.35. The summed E-state index contributed by atoms with van der Waals surface area (Å²) < 4.78 is 15.1. The predicted molar refractivity (Wildman–Crippen MR) is 113 cm³/mol. The molecule has 0 spiro atoms. The Labute approximate surface area is 176 Å². The van der Waals surface area contributed by atoms with Crippen LogP contribution in [0.25, 0.3) is 0 Å². The first-order valence-corrected chi connectivity index (χ1v) is 9.68. The number of methoxy groups -OCH3 is 2. The highest BCUT2D eigenvalue weighted by molar-refractivity contribution is 5.97. The Bertz CT molecular complexity index is 889. The van der Waals surface area contributed by atoms with E-state index in [1.807, 2.05) is 24.3 Å². The molecule has 2 rings (SSSR count). The Morgan fingerprint density at radius 2 is 1.50 bits per heavy atom. The normalized spacial score (nSPS) is 12.4. The Morgan fingerprint density at radius 3 is 2.03 bits per heavy atom. The minimum Gasteiger partial charge on any atom is -0.481 e. The number of hydrogen-bond donors (Lipinski definition) is 1. The number of anilines is 1. The number of esters is 2. The molecule has 0 fully saturated rings. The fourth-order valence-corrected chi connectivity index (χ4v) is 2.89. The molecule has 7 heteroatoms. The maximum Gasteiger partial charge on any atom is 0.338 e. The highest BCUT2D eigenvalue weighted by Gasteiger charge is 2.20. The zero-order chi connectivity index (χ0) is 22.3. The van der Waals surface area contributed by atoms with Crippen molar-refractivity contribution in [3.63, 3.8) is 0 Å². The monoisotopic (exact) mass is 413 g/mol. The van der Waals surface area contributed by atoms with Crippen molar-refractivity contribution >= 4 is 23.5 Å². The number of para-hydroxylation sites is 1. The Morgan fingerprint density at radius 1 is 0.933 bits per heavy atom. The van der Waals surface area contributed by atoms with Crippen molar-refractivity contribution in [2.24, 2.45) is 0 Å². The van der Waals surface area contributed by atoms with Crippen LogP contribution in [0.4, 0.5) is 5.69 Å². The summed E-state index contributed by atoms with van der Waals surface area (Å²) in [6.07, 6.45) is 0.0589. The Balaban J connectivity index is 2.23. The summed E-state index contributed by atoms with van der Waals surface area (Å²) in [5, 5.41) is 2.90. The van der Waals surface area contributed by atoms with Gasteiger partial charge in [0.15, 0.2) is 6.10 Å². The molecular formula is C23H27NO6. The van der Waals surface area contributed by atoms with Gasteiger partial charge in [0.05, 0.1) is 25.3 Å². The number of amides is 1. The zero-order valence-electron chi connectivity index (χ0n) is 17.9. The van der Waals surface area contributed by atoms with Gasteiger partial charge in [-0.05, 0) is 49.1 Å². The molecule has 1 amide bonds. The van der Waals surface area contributed by atoms with Crippen LogP contribution in [0.5, 0.6) is 5.75 Å². The van der Waals surface area contributed by atoms with E-state index in [2.05, 4.69) is 19.2 Å². The molecule has 30 heavy (non-hydrogen) atoms. The van der Waals surface area contributed by atoms with Crippen LogP contribution in [0.2, 0.25) is 0 Å². The lowest BCUT2D eigenvalue weighted by Crippen LogP contribution is -2.30. The van der Waals surface area contributed by atoms with Crippen molar-refractivity contribution in [2.75, 3.05) is 19.5 Å². The average Bonchev–Trinajstić information content (AvgIpc) is 2.77. The van der Waals surface area contributed by atoms with E-state index in [-0.39, 0.29) is 28.7 Å². The molecule has 2 atom stereocenters. The Kier molecular flexibility index (Phi) is 7.98. The summed E-state index contributed by atoms with van der Waals surface area (Å²) in [4.78, 5) is 36.5. The molecule has 0 aromatic heterocycles. The van der Waals surface area contributed by atoms with Gasteiger partial charge >= 0.3 is 11.9 Å². The van der Waals surface area contributed by atoms with Crippen LogP contribution >= 0.6 is 0 Å². The molecule has 2 aromatic carbocycles. The van der Waals surface area contributed by atoms with Crippen molar-refractivity contribution in [3.05, 3.63) is 59.2 Å². The lowest BCUT2D eigenvalue weighted by Gasteiger charge is -2.19. The van der Waals surface area contributed by atoms with Crippen LogP contribution < -0.4 is 10.1 Å². The predicted octanol–water partition coefficient (Wildman–Crippen LogP) is 4.18. The SMILES string of the molecule is CC[C@@H](C)c1ccccc1NC(=O)[C@H](C)Oc1cc(C(=O)OC)cc(C(=O)OC)c1. The smallest absolute Gasteiger partial charge is 0.338 e. The fourth-order valence-electron chi connectivity index (χ4n) is 2.89. The first-order chi connectivity index (χ1) is 14.3. The number of benzene rings is 2. The van der Waals surface area contributed by atoms with Crippen LogP contribution in [0.3, 0.4) is 0 Å². The summed E-state index contributed by atoms with van der Waals surface area (Å²) in [6, 6.07) is 11.8. The molecule has 0 saturated heterocycles. The number of carbonyl (C=O) groups excluding carboxylic acids is 3. The van der Waals surface area contributed by atoms with E-state index in [0.29, 0.717) is 0 Å². The summed E-state index contributed by atoms with van der Waals surface area (Å²) in [7, 11) is 2.47. The summed E-state index contributed by atoms with van der Waals surface area (Å²) >= 11 is 0. The van der Waals surface area contributed by atoms with Crippen LogP contribution in [0.15, 0.2) is 42.5 Å². The summed E-state index contributed by atoms with van der Waals surface area (Å²) in [5.41, 5.74) is 2.00. The molecule has 2 aromatic rings. The molecule has 1 N–H and O–H groups in total. The quantitative estimate of drug-likeness (QED) is 0.653. The second kappa shape index (κ2) is 10.4. The second-order valence-corrected chi connectivity index (χ2v) is 6.88. The standard InChI is InChI=1S/C23H27NO6/c1-6-14(2)19-9-7-8-10-20(19)24-21(25)15(3)30-18-12-16(22(26)28-4)11-17(13-18)23(27)29-5/h7-15H,6H2,1-5H3,(H,24,25)/t14-,15+/m1/s1. The van der Waals surface area contributed by atoms with Crippen molar-refractivity contribution < 1.29 is 28.6 Å². The van der Waals surface area contributed by atoms with Gasteiger partial charge in [0.2, 0.25) is 0 Å². The minimum absolute atomic E-state index is 0.116. The van der Waals surface area contributed by atoms with Crippen LogP contribution in [0, 0.1) is 0 Å². The largest absolute Gasteiger partial charge is 0.481 e. The molecule has 0 heterocycles. The number of hydrogen-bond acceptors (Lipinski definition) is 6. The molecular weight excluding hydrogens is 386 g/mol. The molecule has 0 aliphatic carbocycles. The van der Waals surface area contributed by atoms with Crippen LogP contribution in [-0.2, 0) is 14.3 Å². The molecule has 7 nitrogen and oxygen atoms in total. The maximum atomic E-state index is 12.7. The van der Waals surface area contributed by atoms with E-state index in [0.717, 1.165) is 17.7 Å². The van der Waals surface area contributed by atoms with Gasteiger partial charge in [-0.15, -0.1) is 0 Å². The first kappa shape index (κ1) is 22.9. The van der Waals surface area contributed by atoms with Gasteiger partial charge in [-0.1, -0.05) is 32.0 Å². The second-order valence-electron chi connectivity index (χ2n) is 6.88. The molecule has 0 radical (unpaired) electrons. The van der Waals surface area contributed by atoms with Crippen LogP contribution in [-0.4, -0.2) is 38.2 Å². The lowest BCUT2D eigenvalue weighted by molar-refractivity contribution is -0.122. The van der Waals surface area contributed by atoms with E-state index in [1.165, 1.54) is 32.4 Å². The summed E-state index contributed by atoms with van der Waals surface area (Å²) in [5.74, 6) is -1.16. The number of ether oxygens (including phenoxy) is 3. The van der Waals surface area contributed by atoms with Crippen molar-refractivity contribution in [1.82, 2.24) is 0 Å². The van der Waals surface area contributed by atoms with Gasteiger partial charge in [-0.3, -0.25) is 4.79 Å². The molecule has 0 aliphatic rings. The molecule has 0 unspecified atom stereocenters. The first-order valence-electron chi connectivity index (χ1n) is 9.68. The number of rotatable bonds is 8. The van der Waals surface area contributed by atoms with Crippen molar-refractivity contribution in [1.29, 1.82) is 0 Å². The van der Waals surface area contributed by atoms with Gasteiger partial charge < -0.3 is 19.5 Å². The van der Waals surface area contributed by atoms with Crippen molar-refractivity contribution in [3.8, 4) is 5.75 Å². The minimum atomic E-state index is -0.881. The third-order valence-corrected chi connectivity index (χ3v) is 4.79. The lowest BCUT2D eigenvalue weighted by atomic mass is 9.97. The third-order valence-electron chi connectivity index (χ3n) is 4.79. The van der Waals surface area contributed by atoms with E-state index in [4.69, 9.17) is 14.2 Å². The number of carbonyl (C=O) groups is 3. The third kappa shape index (κ3) is 5.59. The van der Waals surface area contributed by atoms with Gasteiger partial charge in [0, 0.05) is 5.69 Å². The van der Waals surface area contributed by atoms with Gasteiger partial charge in [-0.2, -0.15) is 0 Å². The molecule has 0 bridgehead atoms. The maximum absolute atomic E-state index is 12.7. The van der Waals surface area contributed by atoms with E-state index in [9.17, 15) is 14.4 Å². The van der Waals surface area contributed by atoms with E-state index >= 15 is 0 Å². The highest BCUT2D eigenvalue weighted by Crippen LogP contribution is 2.27. The average molecular weight is 413 g/mol. The molecule has 0 aliphatic heterocycles. The van der Waals surface area contributed by atoms with Crippen LogP contribution in [0.1, 0.15) is 59.4 Å². The van der Waals surface area contributed by atoms with E-state index < -0.39 is 18.0 Å². The summed E-state index contributed by atoms with van der Waals surface area (Å²) in [6.45, 7) is 5.77. The van der Waals surface area contributed by atoms with E-state index in [1.54, 1.807) is 6.92 Å². The molecule has 0 saturated carbocycles. The molecule has 160 valence electrons. The topological polar surface area (TPSA) is 90.9 Å². The number of nitrogens with one attached hydrogen (secondary N) is 1. The van der Waals surface area contributed by atoms with Gasteiger partial charge in [-0.25, -0.2) is 9.59 Å².